The summed E-state index contributed by atoms with van der Waals surface area (Å²) in [6.07, 6.45) is 5.80. The van der Waals surface area contributed by atoms with E-state index in [1.807, 2.05) is 13.0 Å². The van der Waals surface area contributed by atoms with Gasteiger partial charge in [0.1, 0.15) is 10.6 Å². The van der Waals surface area contributed by atoms with Crippen LogP contribution >= 0.6 is 0 Å². The van der Waals surface area contributed by atoms with Gasteiger partial charge in [0.05, 0.1) is 7.11 Å². The van der Waals surface area contributed by atoms with Gasteiger partial charge in [0.2, 0.25) is 10.0 Å². The molecule has 5 nitrogen and oxygen atoms in total. The van der Waals surface area contributed by atoms with E-state index in [0.717, 1.165) is 24.9 Å². The number of hydrogen-bond acceptors (Lipinski definition) is 4. The van der Waals surface area contributed by atoms with Crippen LogP contribution in [0.3, 0.4) is 0 Å². The summed E-state index contributed by atoms with van der Waals surface area (Å²) in [6, 6.07) is 5.19. The quantitative estimate of drug-likeness (QED) is 0.739. The van der Waals surface area contributed by atoms with E-state index >= 15 is 0 Å². The molecule has 0 bridgehead atoms. The Bertz CT molecular complexity index is 596. The van der Waals surface area contributed by atoms with Gasteiger partial charge < -0.3 is 9.64 Å². The maximum atomic E-state index is 12.4. The Morgan fingerprint density at radius 2 is 1.91 bits per heavy atom. The number of methoxy groups -OCH3 is 1. The number of benzene rings is 1. The summed E-state index contributed by atoms with van der Waals surface area (Å²) in [5.74, 6) is 0.386. The number of likely N-dealkylation sites (tertiary alicyclic amines) is 1. The minimum absolute atomic E-state index is 0.219. The zero-order chi connectivity index (χ0) is 16.7. The number of nitrogens with one attached hydrogen (secondary N) is 1. The number of hydrogen-bond donors (Lipinski definition) is 1. The Morgan fingerprint density at radius 1 is 1.17 bits per heavy atom. The number of nitrogens with zero attached hydrogens (tertiary/aromatic N) is 1. The van der Waals surface area contributed by atoms with E-state index < -0.39 is 10.0 Å². The Balaban J connectivity index is 1.81. The van der Waals surface area contributed by atoms with Crippen molar-refractivity contribution in [2.24, 2.45) is 0 Å². The Kier molecular flexibility index (Phi) is 6.87. The molecule has 130 valence electrons. The van der Waals surface area contributed by atoms with E-state index in [0.29, 0.717) is 12.3 Å². The molecule has 1 saturated heterocycles. The SMILES string of the molecule is COc1ccc(C)cc1S(=O)(=O)NCCCCN1CCCCC1. The van der Waals surface area contributed by atoms with Crippen LogP contribution in [0.5, 0.6) is 5.75 Å². The Hall–Kier alpha value is -1.11. The number of unbranched alkanes of at least 4 members (excludes halogenated alkanes) is 1. The fourth-order valence-electron chi connectivity index (χ4n) is 2.92. The normalized spacial score (nSPS) is 16.4. The second kappa shape index (κ2) is 8.66. The summed E-state index contributed by atoms with van der Waals surface area (Å²) in [7, 11) is -2.03. The molecule has 0 spiro atoms. The van der Waals surface area contributed by atoms with Gasteiger partial charge in [-0.15, -0.1) is 0 Å². The summed E-state index contributed by atoms with van der Waals surface area (Å²) < 4.78 is 32.7. The highest BCUT2D eigenvalue weighted by Crippen LogP contribution is 2.24. The molecule has 1 aliphatic rings. The monoisotopic (exact) mass is 340 g/mol. The molecular formula is C17H28N2O3S. The highest BCUT2D eigenvalue weighted by Gasteiger charge is 2.19. The van der Waals surface area contributed by atoms with Gasteiger partial charge in [-0.25, -0.2) is 13.1 Å². The highest BCUT2D eigenvalue weighted by atomic mass is 32.2. The lowest BCUT2D eigenvalue weighted by atomic mass is 10.1. The molecule has 1 fully saturated rings. The number of aryl methyl sites for hydroxylation is 1. The van der Waals surface area contributed by atoms with Crippen molar-refractivity contribution < 1.29 is 13.2 Å². The van der Waals surface area contributed by atoms with E-state index in [1.165, 1.54) is 39.5 Å². The highest BCUT2D eigenvalue weighted by molar-refractivity contribution is 7.89. The predicted octanol–water partition coefficient (Wildman–Crippen LogP) is 2.55. The lowest BCUT2D eigenvalue weighted by Gasteiger charge is -2.26. The fraction of sp³-hybridized carbons (Fsp3) is 0.647. The molecule has 1 heterocycles. The van der Waals surface area contributed by atoms with Gasteiger partial charge >= 0.3 is 0 Å². The van der Waals surface area contributed by atoms with E-state index in [9.17, 15) is 8.42 Å². The molecule has 0 aromatic heterocycles. The fourth-order valence-corrected chi connectivity index (χ4v) is 4.25. The van der Waals surface area contributed by atoms with E-state index in [2.05, 4.69) is 9.62 Å². The van der Waals surface area contributed by atoms with Crippen molar-refractivity contribution in [1.82, 2.24) is 9.62 Å². The lowest BCUT2D eigenvalue weighted by molar-refractivity contribution is 0.225. The molecule has 2 rings (SSSR count). The van der Waals surface area contributed by atoms with Crippen LogP contribution in [0.2, 0.25) is 0 Å². The van der Waals surface area contributed by atoms with Crippen LogP contribution in [0.25, 0.3) is 0 Å². The minimum atomic E-state index is -3.52. The van der Waals surface area contributed by atoms with Crippen LogP contribution in [-0.2, 0) is 10.0 Å². The molecule has 0 aliphatic carbocycles. The number of piperidine rings is 1. The lowest BCUT2D eigenvalue weighted by Crippen LogP contribution is -2.31. The van der Waals surface area contributed by atoms with Gasteiger partial charge in [-0.05, 0) is 69.9 Å². The smallest absolute Gasteiger partial charge is 0.244 e. The summed E-state index contributed by atoms with van der Waals surface area (Å²) in [5.41, 5.74) is 0.899. The first kappa shape index (κ1) is 18.2. The summed E-state index contributed by atoms with van der Waals surface area (Å²) in [5, 5.41) is 0. The zero-order valence-corrected chi connectivity index (χ0v) is 15.0. The summed E-state index contributed by atoms with van der Waals surface area (Å²) in [4.78, 5) is 2.69. The maximum Gasteiger partial charge on any atom is 0.244 e. The summed E-state index contributed by atoms with van der Waals surface area (Å²) >= 11 is 0. The second-order valence-corrected chi connectivity index (χ2v) is 7.90. The molecule has 1 N–H and O–H groups in total. The molecule has 1 aromatic rings. The second-order valence-electron chi connectivity index (χ2n) is 6.16. The van der Waals surface area contributed by atoms with Gasteiger partial charge in [0.15, 0.2) is 0 Å². The van der Waals surface area contributed by atoms with Crippen molar-refractivity contribution in [3.8, 4) is 5.75 Å². The predicted molar refractivity (Wildman–Crippen MR) is 92.4 cm³/mol. The van der Waals surface area contributed by atoms with Gasteiger partial charge in [-0.2, -0.15) is 0 Å². The average Bonchev–Trinajstić information content (AvgIpc) is 2.55. The molecule has 1 aliphatic heterocycles. The van der Waals surface area contributed by atoms with Crippen molar-refractivity contribution >= 4 is 10.0 Å². The molecule has 6 heteroatoms. The van der Waals surface area contributed by atoms with Crippen molar-refractivity contribution in [2.75, 3.05) is 33.3 Å². The van der Waals surface area contributed by atoms with Crippen LogP contribution in [0.1, 0.15) is 37.7 Å². The van der Waals surface area contributed by atoms with Gasteiger partial charge in [-0.1, -0.05) is 12.5 Å². The van der Waals surface area contributed by atoms with Crippen molar-refractivity contribution in [1.29, 1.82) is 0 Å². The minimum Gasteiger partial charge on any atom is -0.495 e. The summed E-state index contributed by atoms with van der Waals surface area (Å²) in [6.45, 7) is 5.78. The Morgan fingerprint density at radius 3 is 2.61 bits per heavy atom. The van der Waals surface area contributed by atoms with E-state index in [4.69, 9.17) is 4.74 Å². The molecule has 0 radical (unpaired) electrons. The van der Waals surface area contributed by atoms with Crippen molar-refractivity contribution in [3.05, 3.63) is 23.8 Å². The first-order valence-corrected chi connectivity index (χ1v) is 9.88. The van der Waals surface area contributed by atoms with Crippen molar-refractivity contribution in [2.45, 2.75) is 43.9 Å². The number of sulfonamides is 1. The molecule has 1 aromatic carbocycles. The Labute approximate surface area is 140 Å². The molecule has 0 amide bonds. The first-order valence-electron chi connectivity index (χ1n) is 8.39. The molecule has 0 atom stereocenters. The van der Waals surface area contributed by atoms with Crippen molar-refractivity contribution in [3.63, 3.8) is 0 Å². The van der Waals surface area contributed by atoms with E-state index in [1.54, 1.807) is 12.1 Å². The third kappa shape index (κ3) is 5.48. The number of rotatable bonds is 8. The molecule has 0 unspecified atom stereocenters. The third-order valence-electron chi connectivity index (χ3n) is 4.25. The van der Waals surface area contributed by atoms with Crippen LogP contribution in [0, 0.1) is 6.92 Å². The first-order chi connectivity index (χ1) is 11.0. The van der Waals surface area contributed by atoms with Crippen LogP contribution < -0.4 is 9.46 Å². The number of ether oxygens (including phenoxy) is 1. The molecular weight excluding hydrogens is 312 g/mol. The van der Waals surface area contributed by atoms with Crippen LogP contribution in [0.15, 0.2) is 23.1 Å². The standard InChI is InChI=1S/C17H28N2O3S/c1-15-8-9-16(22-2)17(14-15)23(20,21)18-10-4-7-13-19-11-5-3-6-12-19/h8-9,14,18H,3-7,10-13H2,1-2H3. The topological polar surface area (TPSA) is 58.6 Å². The van der Waals surface area contributed by atoms with E-state index in [-0.39, 0.29) is 4.90 Å². The van der Waals surface area contributed by atoms with Gasteiger partial charge in [0.25, 0.3) is 0 Å². The average molecular weight is 340 g/mol. The van der Waals surface area contributed by atoms with Crippen LogP contribution in [-0.4, -0.2) is 46.6 Å². The largest absolute Gasteiger partial charge is 0.495 e. The molecule has 0 saturated carbocycles. The van der Waals surface area contributed by atoms with Gasteiger partial charge in [-0.3, -0.25) is 0 Å². The zero-order valence-electron chi connectivity index (χ0n) is 14.2. The maximum absolute atomic E-state index is 12.4. The third-order valence-corrected chi connectivity index (χ3v) is 5.73. The molecule has 23 heavy (non-hydrogen) atoms. The van der Waals surface area contributed by atoms with Gasteiger partial charge in [0, 0.05) is 6.54 Å². The van der Waals surface area contributed by atoms with Crippen LogP contribution in [0.4, 0.5) is 0 Å².